The first-order chi connectivity index (χ1) is 16.1. The highest BCUT2D eigenvalue weighted by Gasteiger charge is 2.11. The van der Waals surface area contributed by atoms with Crippen LogP contribution in [0.15, 0.2) is 55.1 Å². The zero-order valence-corrected chi connectivity index (χ0v) is 18.6. The Morgan fingerprint density at radius 1 is 1.09 bits per heavy atom. The molecule has 0 spiro atoms. The van der Waals surface area contributed by atoms with Gasteiger partial charge in [0.05, 0.1) is 0 Å². The van der Waals surface area contributed by atoms with Crippen molar-refractivity contribution in [1.29, 1.82) is 0 Å². The number of tetrazole rings is 1. The molecule has 2 N–H and O–H groups in total. The molecule has 0 fully saturated rings. The monoisotopic (exact) mass is 443 g/mol. The van der Waals surface area contributed by atoms with Crippen molar-refractivity contribution in [3.63, 3.8) is 0 Å². The van der Waals surface area contributed by atoms with E-state index in [1.165, 1.54) is 17.5 Å². The number of fused-ring (bicyclic) bond motifs is 1. The summed E-state index contributed by atoms with van der Waals surface area (Å²) in [6, 6.07) is 12.4. The number of aryl methyl sites for hydroxylation is 1. The van der Waals surface area contributed by atoms with Gasteiger partial charge in [-0.1, -0.05) is 18.2 Å². The van der Waals surface area contributed by atoms with E-state index in [4.69, 9.17) is 4.84 Å². The Morgan fingerprint density at radius 3 is 2.79 bits per heavy atom. The summed E-state index contributed by atoms with van der Waals surface area (Å²) in [5.41, 5.74) is 6.62. The molecule has 33 heavy (non-hydrogen) atoms. The van der Waals surface area contributed by atoms with Crippen LogP contribution < -0.4 is 15.5 Å². The van der Waals surface area contributed by atoms with Gasteiger partial charge < -0.3 is 15.5 Å². The van der Waals surface area contributed by atoms with Crippen LogP contribution in [0.25, 0.3) is 11.1 Å². The van der Waals surface area contributed by atoms with Crippen molar-refractivity contribution in [2.24, 2.45) is 0 Å². The van der Waals surface area contributed by atoms with Gasteiger partial charge in [0.2, 0.25) is 5.95 Å². The minimum absolute atomic E-state index is 0.402. The lowest BCUT2D eigenvalue weighted by molar-refractivity contribution is -0.0636. The molecule has 0 radical (unpaired) electrons. The van der Waals surface area contributed by atoms with E-state index in [1.807, 2.05) is 44.6 Å². The summed E-state index contributed by atoms with van der Waals surface area (Å²) in [6.07, 6.45) is 6.21. The van der Waals surface area contributed by atoms with Crippen LogP contribution in [-0.4, -0.2) is 48.8 Å². The number of rotatable bonds is 7. The SMILES string of the molecule is Cc1ccc(-c2cnc(Nc3ccc4c(c3)CCNC4)nc2)cc1ON(C)Cn1cnnn1. The Labute approximate surface area is 191 Å². The Balaban J connectivity index is 1.28. The zero-order valence-electron chi connectivity index (χ0n) is 18.6. The first-order valence-corrected chi connectivity index (χ1v) is 10.8. The average molecular weight is 444 g/mol. The number of aromatic nitrogens is 6. The fourth-order valence-corrected chi connectivity index (χ4v) is 3.75. The molecule has 1 aliphatic heterocycles. The Hall–Kier alpha value is -3.89. The van der Waals surface area contributed by atoms with Gasteiger partial charge in [-0.15, -0.1) is 10.2 Å². The molecule has 10 heteroatoms. The maximum atomic E-state index is 5.99. The third kappa shape index (κ3) is 4.97. The van der Waals surface area contributed by atoms with Crippen LogP contribution in [-0.2, 0) is 19.6 Å². The third-order valence-corrected chi connectivity index (χ3v) is 5.51. The predicted octanol–water partition coefficient (Wildman–Crippen LogP) is 2.71. The van der Waals surface area contributed by atoms with Crippen molar-refractivity contribution in [3.05, 3.63) is 71.8 Å². The normalized spacial score (nSPS) is 13.1. The Morgan fingerprint density at radius 2 is 1.97 bits per heavy atom. The Bertz CT molecular complexity index is 1230. The topological polar surface area (TPSA) is 106 Å². The molecule has 4 aromatic rings. The summed E-state index contributed by atoms with van der Waals surface area (Å²) >= 11 is 0. The molecular weight excluding hydrogens is 418 g/mol. The van der Waals surface area contributed by atoms with Gasteiger partial charge in [0.25, 0.3) is 0 Å². The van der Waals surface area contributed by atoms with Crippen molar-refractivity contribution in [3.8, 4) is 16.9 Å². The summed E-state index contributed by atoms with van der Waals surface area (Å²) in [4.78, 5) is 15.0. The molecule has 10 nitrogen and oxygen atoms in total. The third-order valence-electron chi connectivity index (χ3n) is 5.51. The van der Waals surface area contributed by atoms with Crippen LogP contribution in [0.1, 0.15) is 16.7 Å². The summed E-state index contributed by atoms with van der Waals surface area (Å²) in [6.45, 7) is 4.34. The van der Waals surface area contributed by atoms with Gasteiger partial charge in [0.15, 0.2) is 5.75 Å². The molecule has 0 saturated heterocycles. The van der Waals surface area contributed by atoms with Gasteiger partial charge in [-0.2, -0.15) is 0 Å². The standard InChI is InChI=1S/C23H25N9O/c1-16-3-4-17(10-22(16)33-31(2)15-32-14-27-29-30-32)20-12-25-23(26-13-20)28-21-6-5-19-11-24-8-7-18(19)9-21/h3-6,9-10,12-14,24H,7-8,11,15H2,1-2H3,(H,25,26,28). The molecule has 2 aromatic heterocycles. The molecule has 0 bridgehead atoms. The molecule has 0 atom stereocenters. The van der Waals surface area contributed by atoms with Gasteiger partial charge in [-0.3, -0.25) is 0 Å². The van der Waals surface area contributed by atoms with Gasteiger partial charge in [-0.05, 0) is 70.8 Å². The van der Waals surface area contributed by atoms with Gasteiger partial charge in [0.1, 0.15) is 13.0 Å². The van der Waals surface area contributed by atoms with Gasteiger partial charge >= 0.3 is 0 Å². The Kier molecular flexibility index (Phi) is 5.92. The smallest absolute Gasteiger partial charge is 0.227 e. The number of nitrogens with one attached hydrogen (secondary N) is 2. The molecule has 0 aliphatic carbocycles. The van der Waals surface area contributed by atoms with Crippen molar-refractivity contribution < 1.29 is 4.84 Å². The van der Waals surface area contributed by atoms with Crippen LogP contribution in [0.2, 0.25) is 0 Å². The molecular formula is C23H25N9O. The highest BCUT2D eigenvalue weighted by atomic mass is 16.7. The van der Waals surface area contributed by atoms with E-state index in [1.54, 1.807) is 9.75 Å². The molecule has 2 aromatic carbocycles. The second kappa shape index (κ2) is 9.31. The average Bonchev–Trinajstić information content (AvgIpc) is 3.34. The summed E-state index contributed by atoms with van der Waals surface area (Å²) in [5.74, 6) is 1.31. The fourth-order valence-electron chi connectivity index (χ4n) is 3.75. The van der Waals surface area contributed by atoms with Crippen LogP contribution in [0.3, 0.4) is 0 Å². The highest BCUT2D eigenvalue weighted by molar-refractivity contribution is 5.65. The minimum Gasteiger partial charge on any atom is -0.404 e. The van der Waals surface area contributed by atoms with Crippen LogP contribution in [0.5, 0.6) is 5.75 Å². The van der Waals surface area contributed by atoms with Gasteiger partial charge in [0, 0.05) is 37.2 Å². The second-order valence-electron chi connectivity index (χ2n) is 8.02. The molecule has 0 saturated carbocycles. The number of hydrogen-bond donors (Lipinski definition) is 2. The van der Waals surface area contributed by atoms with Crippen molar-refractivity contribution >= 4 is 11.6 Å². The van der Waals surface area contributed by atoms with E-state index in [9.17, 15) is 0 Å². The molecule has 168 valence electrons. The fraction of sp³-hybridized carbons (Fsp3) is 0.261. The molecule has 0 amide bonds. The maximum Gasteiger partial charge on any atom is 0.227 e. The second-order valence-corrected chi connectivity index (χ2v) is 8.02. The van der Waals surface area contributed by atoms with E-state index >= 15 is 0 Å². The summed E-state index contributed by atoms with van der Waals surface area (Å²) in [5, 5.41) is 19.5. The highest BCUT2D eigenvalue weighted by Crippen LogP contribution is 2.28. The lowest BCUT2D eigenvalue weighted by Crippen LogP contribution is -2.26. The van der Waals surface area contributed by atoms with Crippen molar-refractivity contribution in [1.82, 2.24) is 40.6 Å². The molecule has 1 aliphatic rings. The zero-order chi connectivity index (χ0) is 22.6. The lowest BCUT2D eigenvalue weighted by atomic mass is 10.0. The van der Waals surface area contributed by atoms with E-state index in [-0.39, 0.29) is 0 Å². The van der Waals surface area contributed by atoms with E-state index in [2.05, 4.69) is 54.3 Å². The number of benzene rings is 2. The van der Waals surface area contributed by atoms with Gasteiger partial charge in [-0.25, -0.2) is 14.6 Å². The molecule has 3 heterocycles. The molecule has 5 rings (SSSR count). The number of hydrogen-bond acceptors (Lipinski definition) is 9. The van der Waals surface area contributed by atoms with E-state index in [0.29, 0.717) is 12.6 Å². The van der Waals surface area contributed by atoms with Crippen LogP contribution in [0, 0.1) is 6.92 Å². The van der Waals surface area contributed by atoms with Crippen LogP contribution >= 0.6 is 0 Å². The number of nitrogens with zero attached hydrogens (tertiary/aromatic N) is 7. The lowest BCUT2D eigenvalue weighted by Gasteiger charge is -2.19. The first-order valence-electron chi connectivity index (χ1n) is 10.8. The molecule has 0 unspecified atom stereocenters. The summed E-state index contributed by atoms with van der Waals surface area (Å²) < 4.78 is 1.58. The maximum absolute atomic E-state index is 5.99. The quantitative estimate of drug-likeness (QED) is 0.417. The van der Waals surface area contributed by atoms with E-state index < -0.39 is 0 Å². The van der Waals surface area contributed by atoms with Crippen molar-refractivity contribution in [2.45, 2.75) is 26.6 Å². The first kappa shape index (κ1) is 21.0. The largest absolute Gasteiger partial charge is 0.404 e. The number of hydroxylamine groups is 2. The summed E-state index contributed by atoms with van der Waals surface area (Å²) in [7, 11) is 1.83. The van der Waals surface area contributed by atoms with Crippen molar-refractivity contribution in [2.75, 3.05) is 18.9 Å². The van der Waals surface area contributed by atoms with Crippen LogP contribution in [0.4, 0.5) is 11.6 Å². The number of anilines is 2. The van der Waals surface area contributed by atoms with E-state index in [0.717, 1.165) is 47.6 Å². The predicted molar refractivity (Wildman–Crippen MR) is 124 cm³/mol. The minimum atomic E-state index is 0.402.